The van der Waals surface area contributed by atoms with Gasteiger partial charge in [0.2, 0.25) is 5.95 Å². The van der Waals surface area contributed by atoms with Gasteiger partial charge in [-0.1, -0.05) is 6.92 Å². The molecular formula is C12H17N5O4. The molecule has 21 heavy (non-hydrogen) atoms. The number of ether oxygens (including phenoxy) is 1. The van der Waals surface area contributed by atoms with E-state index in [1.54, 1.807) is 18.4 Å². The maximum Gasteiger partial charge on any atom is 0.280 e. The first-order valence-corrected chi connectivity index (χ1v) is 6.56. The van der Waals surface area contributed by atoms with Crippen LogP contribution in [-0.2, 0) is 4.74 Å². The van der Waals surface area contributed by atoms with Crippen molar-refractivity contribution >= 4 is 17.1 Å². The third kappa shape index (κ3) is 1.93. The molecule has 1 saturated heterocycles. The second kappa shape index (κ2) is 4.52. The van der Waals surface area contributed by atoms with Gasteiger partial charge in [-0.3, -0.25) is 14.3 Å². The number of aromatic nitrogens is 4. The van der Waals surface area contributed by atoms with Crippen LogP contribution in [0.3, 0.4) is 0 Å². The summed E-state index contributed by atoms with van der Waals surface area (Å²) in [5, 5.41) is 19.7. The Labute approximate surface area is 119 Å². The van der Waals surface area contributed by atoms with E-state index in [2.05, 4.69) is 15.0 Å². The van der Waals surface area contributed by atoms with Crippen LogP contribution < -0.4 is 11.3 Å². The summed E-state index contributed by atoms with van der Waals surface area (Å²) < 4.78 is 7.34. The van der Waals surface area contributed by atoms with Gasteiger partial charge in [-0.15, -0.1) is 0 Å². The standard InChI is InChI=1S/C12H17N5O4/c1-5-7(19)12(2,3-18)21-10(5)17-4-14-6-8(17)15-11(13)16-9(6)20/h4-5,7,10,18-19H,3H2,1-2H3,(H3,13,15,16,20)/t5-,7+,10-,12-/m1/s1. The van der Waals surface area contributed by atoms with Crippen molar-refractivity contribution in [3.63, 3.8) is 0 Å². The van der Waals surface area contributed by atoms with E-state index in [4.69, 9.17) is 10.5 Å². The summed E-state index contributed by atoms with van der Waals surface area (Å²) in [4.78, 5) is 22.2. The number of fused-ring (bicyclic) bond motifs is 1. The van der Waals surface area contributed by atoms with Gasteiger partial charge in [-0.25, -0.2) is 4.98 Å². The second-order valence-corrected chi connectivity index (χ2v) is 5.56. The Bertz CT molecular complexity index is 741. The van der Waals surface area contributed by atoms with E-state index < -0.39 is 23.5 Å². The smallest absolute Gasteiger partial charge is 0.280 e. The summed E-state index contributed by atoms with van der Waals surface area (Å²) in [6, 6.07) is 0. The van der Waals surface area contributed by atoms with Crippen molar-refractivity contribution in [2.45, 2.75) is 31.8 Å². The van der Waals surface area contributed by atoms with Crippen LogP contribution in [0.2, 0.25) is 0 Å². The second-order valence-electron chi connectivity index (χ2n) is 5.56. The van der Waals surface area contributed by atoms with Crippen molar-refractivity contribution in [2.24, 2.45) is 5.92 Å². The topological polar surface area (TPSA) is 139 Å². The van der Waals surface area contributed by atoms with E-state index in [1.165, 1.54) is 6.33 Å². The SMILES string of the molecule is C[C@H]1[C@H](n2cnc3c(=O)[nH]c(N)nc32)O[C@](C)(CO)[C@H]1O. The minimum atomic E-state index is -1.08. The molecule has 9 heteroatoms. The predicted octanol–water partition coefficient (Wildman–Crippen LogP) is -1.02. The Hall–Kier alpha value is -1.97. The van der Waals surface area contributed by atoms with Gasteiger partial charge in [0.15, 0.2) is 11.2 Å². The van der Waals surface area contributed by atoms with E-state index >= 15 is 0 Å². The molecule has 0 spiro atoms. The van der Waals surface area contributed by atoms with Crippen LogP contribution in [0.4, 0.5) is 5.95 Å². The molecule has 1 aliphatic rings. The molecule has 0 aliphatic carbocycles. The quantitative estimate of drug-likeness (QED) is 0.556. The van der Waals surface area contributed by atoms with Crippen molar-refractivity contribution in [1.82, 2.24) is 19.5 Å². The number of imidazole rings is 1. The Morgan fingerprint density at radius 2 is 2.33 bits per heavy atom. The zero-order valence-electron chi connectivity index (χ0n) is 11.6. The molecule has 3 heterocycles. The van der Waals surface area contributed by atoms with Gasteiger partial charge in [0, 0.05) is 5.92 Å². The molecule has 0 saturated carbocycles. The molecule has 2 aromatic heterocycles. The number of hydrogen-bond donors (Lipinski definition) is 4. The zero-order chi connectivity index (χ0) is 15.4. The highest BCUT2D eigenvalue weighted by atomic mass is 16.6. The normalized spacial score (nSPS) is 32.9. The summed E-state index contributed by atoms with van der Waals surface area (Å²) in [7, 11) is 0. The first-order valence-electron chi connectivity index (χ1n) is 6.56. The molecule has 114 valence electrons. The maximum absolute atomic E-state index is 11.8. The molecule has 9 nitrogen and oxygen atoms in total. The number of aromatic amines is 1. The molecular weight excluding hydrogens is 278 g/mol. The first kappa shape index (κ1) is 14.0. The highest BCUT2D eigenvalue weighted by molar-refractivity contribution is 5.70. The number of nitrogens with one attached hydrogen (secondary N) is 1. The van der Waals surface area contributed by atoms with Gasteiger partial charge in [0.1, 0.15) is 11.8 Å². The molecule has 0 aromatic carbocycles. The van der Waals surface area contributed by atoms with Crippen LogP contribution in [0, 0.1) is 5.92 Å². The number of nitrogens with two attached hydrogens (primary N) is 1. The minimum Gasteiger partial charge on any atom is -0.393 e. The van der Waals surface area contributed by atoms with Crippen molar-refractivity contribution in [3.8, 4) is 0 Å². The molecule has 0 bridgehead atoms. The molecule has 4 atom stereocenters. The number of H-pyrrole nitrogens is 1. The molecule has 0 radical (unpaired) electrons. The Balaban J connectivity index is 2.12. The van der Waals surface area contributed by atoms with Crippen LogP contribution in [-0.4, -0.2) is 48.0 Å². The molecule has 1 aliphatic heterocycles. The van der Waals surface area contributed by atoms with Crippen LogP contribution >= 0.6 is 0 Å². The number of rotatable bonds is 2. The Morgan fingerprint density at radius 1 is 1.62 bits per heavy atom. The van der Waals surface area contributed by atoms with Crippen LogP contribution in [0.15, 0.2) is 11.1 Å². The predicted molar refractivity (Wildman–Crippen MR) is 73.3 cm³/mol. The van der Waals surface area contributed by atoms with E-state index in [9.17, 15) is 15.0 Å². The number of nitrogen functional groups attached to an aromatic ring is 1. The molecule has 0 amide bonds. The van der Waals surface area contributed by atoms with Gasteiger partial charge in [-0.2, -0.15) is 4.98 Å². The summed E-state index contributed by atoms with van der Waals surface area (Å²) in [5.74, 6) is -0.341. The minimum absolute atomic E-state index is 0.0228. The van der Waals surface area contributed by atoms with Crippen LogP contribution in [0.5, 0.6) is 0 Å². The summed E-state index contributed by atoms with van der Waals surface area (Å²) in [6.07, 6.45) is -0.0382. The number of aliphatic hydroxyl groups excluding tert-OH is 2. The fraction of sp³-hybridized carbons (Fsp3) is 0.583. The van der Waals surface area contributed by atoms with Crippen LogP contribution in [0.1, 0.15) is 20.1 Å². The average molecular weight is 295 g/mol. The third-order valence-electron chi connectivity index (χ3n) is 4.00. The lowest BCUT2D eigenvalue weighted by Crippen LogP contribution is -2.41. The van der Waals surface area contributed by atoms with E-state index in [1.807, 2.05) is 0 Å². The lowest BCUT2D eigenvalue weighted by Gasteiger charge is -2.25. The zero-order valence-corrected chi connectivity index (χ0v) is 11.6. The fourth-order valence-corrected chi connectivity index (χ4v) is 2.74. The average Bonchev–Trinajstić information content (AvgIpc) is 2.95. The molecule has 1 fully saturated rings. The van der Waals surface area contributed by atoms with Crippen molar-refractivity contribution in [1.29, 1.82) is 0 Å². The maximum atomic E-state index is 11.8. The fourth-order valence-electron chi connectivity index (χ4n) is 2.74. The van der Waals surface area contributed by atoms with Gasteiger partial charge >= 0.3 is 0 Å². The van der Waals surface area contributed by atoms with E-state index in [0.29, 0.717) is 0 Å². The monoisotopic (exact) mass is 295 g/mol. The van der Waals surface area contributed by atoms with Crippen molar-refractivity contribution in [3.05, 3.63) is 16.7 Å². The number of aliphatic hydroxyl groups is 2. The molecule has 3 rings (SSSR count). The molecule has 5 N–H and O–H groups in total. The summed E-state index contributed by atoms with van der Waals surface area (Å²) in [6.45, 7) is 3.10. The van der Waals surface area contributed by atoms with E-state index in [0.717, 1.165) is 0 Å². The van der Waals surface area contributed by atoms with Crippen LogP contribution in [0.25, 0.3) is 11.2 Å². The molecule has 2 aromatic rings. The van der Waals surface area contributed by atoms with Gasteiger partial charge < -0.3 is 20.7 Å². The highest BCUT2D eigenvalue weighted by Gasteiger charge is 2.50. The van der Waals surface area contributed by atoms with Gasteiger partial charge in [0.25, 0.3) is 5.56 Å². The third-order valence-corrected chi connectivity index (χ3v) is 4.00. The van der Waals surface area contributed by atoms with Crippen molar-refractivity contribution in [2.75, 3.05) is 12.3 Å². The number of nitrogens with zero attached hydrogens (tertiary/aromatic N) is 3. The Morgan fingerprint density at radius 3 is 2.95 bits per heavy atom. The Kier molecular flexibility index (Phi) is 3.01. The summed E-state index contributed by atoms with van der Waals surface area (Å²) in [5.41, 5.74) is 4.47. The summed E-state index contributed by atoms with van der Waals surface area (Å²) >= 11 is 0. The molecule has 0 unspecified atom stereocenters. The first-order chi connectivity index (χ1) is 9.87. The van der Waals surface area contributed by atoms with Crippen molar-refractivity contribution < 1.29 is 14.9 Å². The number of anilines is 1. The lowest BCUT2D eigenvalue weighted by molar-refractivity contribution is -0.115. The van der Waals surface area contributed by atoms with E-state index in [-0.39, 0.29) is 29.6 Å². The largest absolute Gasteiger partial charge is 0.393 e. The lowest BCUT2D eigenvalue weighted by atomic mass is 9.93. The number of hydrogen-bond acceptors (Lipinski definition) is 7. The van der Waals surface area contributed by atoms with Gasteiger partial charge in [0.05, 0.1) is 19.0 Å². The van der Waals surface area contributed by atoms with Gasteiger partial charge in [-0.05, 0) is 6.92 Å². The highest BCUT2D eigenvalue weighted by Crippen LogP contribution is 2.41.